The predicted molar refractivity (Wildman–Crippen MR) is 116 cm³/mol. The Balaban J connectivity index is 1.47. The van der Waals surface area contributed by atoms with E-state index in [0.717, 1.165) is 38.5 Å². The van der Waals surface area contributed by atoms with Crippen LogP contribution in [0.2, 0.25) is 0 Å². The van der Waals surface area contributed by atoms with E-state index in [2.05, 4.69) is 15.3 Å². The molecule has 0 saturated carbocycles. The number of aromatic nitrogens is 2. The molecule has 0 radical (unpaired) electrons. The Morgan fingerprint density at radius 3 is 3.00 bits per heavy atom. The number of aliphatic hydroxyl groups excluding tert-OH is 1. The summed E-state index contributed by atoms with van der Waals surface area (Å²) in [6.45, 7) is 3.06. The highest BCUT2D eigenvalue weighted by Gasteiger charge is 2.24. The molecule has 2 N–H and O–H groups in total. The molecule has 3 heterocycles. The molecule has 8 heteroatoms. The van der Waals surface area contributed by atoms with Crippen molar-refractivity contribution in [2.45, 2.75) is 35.0 Å². The van der Waals surface area contributed by atoms with Gasteiger partial charge in [-0.2, -0.15) is 0 Å². The van der Waals surface area contributed by atoms with Gasteiger partial charge in [0.1, 0.15) is 5.82 Å². The quantitative estimate of drug-likeness (QED) is 0.632. The van der Waals surface area contributed by atoms with Gasteiger partial charge in [0.15, 0.2) is 5.13 Å². The Morgan fingerprint density at radius 2 is 2.21 bits per heavy atom. The Hall–Kier alpha value is -2.42. The molecular weight excluding hydrogens is 404 g/mol. The van der Waals surface area contributed by atoms with Crippen molar-refractivity contribution in [1.29, 1.82) is 0 Å². The minimum absolute atomic E-state index is 0.00878. The number of nitrogens with one attached hydrogen (secondary N) is 1. The fraction of sp³-hybridized carbons (Fsp3) is 0.286. The van der Waals surface area contributed by atoms with E-state index in [4.69, 9.17) is 0 Å². The second-order valence-electron chi connectivity index (χ2n) is 6.95. The molecule has 6 nitrogen and oxygen atoms in total. The monoisotopic (exact) mass is 426 g/mol. The second kappa shape index (κ2) is 8.94. The summed E-state index contributed by atoms with van der Waals surface area (Å²) in [4.78, 5) is 24.4. The van der Waals surface area contributed by atoms with E-state index in [9.17, 15) is 9.90 Å². The first kappa shape index (κ1) is 19.9. The van der Waals surface area contributed by atoms with Gasteiger partial charge in [-0.1, -0.05) is 35.2 Å². The first-order chi connectivity index (χ1) is 14.1. The zero-order valence-corrected chi connectivity index (χ0v) is 17.7. The van der Waals surface area contributed by atoms with Gasteiger partial charge in [0.25, 0.3) is 5.91 Å². The first-order valence-corrected chi connectivity index (χ1v) is 11.1. The maximum Gasteiger partial charge on any atom is 0.254 e. The van der Waals surface area contributed by atoms with Crippen LogP contribution >= 0.6 is 23.1 Å². The van der Waals surface area contributed by atoms with Crippen LogP contribution in [0.3, 0.4) is 0 Å². The van der Waals surface area contributed by atoms with Crippen LogP contribution in [0, 0.1) is 6.92 Å². The number of rotatable bonds is 5. The number of carbonyl (C=O) groups excluding carboxylic acids is 1. The highest BCUT2D eigenvalue weighted by atomic mass is 32.2. The lowest BCUT2D eigenvalue weighted by Gasteiger charge is -2.30. The van der Waals surface area contributed by atoms with Gasteiger partial charge in [-0.25, -0.2) is 9.97 Å². The van der Waals surface area contributed by atoms with E-state index in [0.29, 0.717) is 18.7 Å². The van der Waals surface area contributed by atoms with E-state index in [1.165, 1.54) is 0 Å². The van der Waals surface area contributed by atoms with E-state index in [-0.39, 0.29) is 5.91 Å². The summed E-state index contributed by atoms with van der Waals surface area (Å²) >= 11 is 3.12. The van der Waals surface area contributed by atoms with Gasteiger partial charge in [0, 0.05) is 29.7 Å². The molecule has 0 bridgehead atoms. The number of hydrogen-bond acceptors (Lipinski definition) is 7. The number of β-amino-alcohol motifs (C(OH)–C–C–N with tert-alkyl or cyclic N) is 1. The van der Waals surface area contributed by atoms with Gasteiger partial charge in [-0.15, -0.1) is 0 Å². The van der Waals surface area contributed by atoms with Crippen molar-refractivity contribution >= 4 is 40.0 Å². The number of thiazole rings is 1. The topological polar surface area (TPSA) is 78.4 Å². The summed E-state index contributed by atoms with van der Waals surface area (Å²) in [5, 5.41) is 13.9. The van der Waals surface area contributed by atoms with Gasteiger partial charge in [0.05, 0.1) is 16.5 Å². The van der Waals surface area contributed by atoms with Crippen molar-refractivity contribution in [2.24, 2.45) is 0 Å². The van der Waals surface area contributed by atoms with Gasteiger partial charge in [-0.3, -0.25) is 4.79 Å². The van der Waals surface area contributed by atoms with Gasteiger partial charge in [-0.05, 0) is 49.6 Å². The maximum atomic E-state index is 13.0. The van der Waals surface area contributed by atoms with Crippen LogP contribution < -0.4 is 5.32 Å². The standard InChI is InChI=1S/C21H22N4O2S2/c1-14-7-8-16(11-17(14)20(27)25-10-4-5-15(26)13-25)28-19-12-23-21(29-19)24-18-6-2-3-9-22-18/h2-3,6-9,11-12,15,26H,4-5,10,13H2,1H3,(H,22,23,24). The van der Waals surface area contributed by atoms with Crippen LogP contribution in [-0.4, -0.2) is 45.1 Å². The molecule has 1 saturated heterocycles. The number of aliphatic hydroxyl groups is 1. The van der Waals surface area contributed by atoms with E-state index in [1.54, 1.807) is 34.2 Å². The third-order valence-electron chi connectivity index (χ3n) is 4.73. The average Bonchev–Trinajstić information content (AvgIpc) is 3.16. The molecule has 1 unspecified atom stereocenters. The Labute approximate surface area is 178 Å². The highest BCUT2D eigenvalue weighted by molar-refractivity contribution is 8.01. The molecule has 150 valence electrons. The van der Waals surface area contributed by atoms with Crippen LogP contribution in [-0.2, 0) is 0 Å². The summed E-state index contributed by atoms with van der Waals surface area (Å²) in [5.41, 5.74) is 1.64. The number of likely N-dealkylation sites (tertiary alicyclic amines) is 1. The fourth-order valence-corrected chi connectivity index (χ4v) is 5.13. The van der Waals surface area contributed by atoms with Crippen molar-refractivity contribution < 1.29 is 9.90 Å². The summed E-state index contributed by atoms with van der Waals surface area (Å²) in [6.07, 6.45) is 4.74. The molecule has 1 amide bonds. The second-order valence-corrected chi connectivity index (χ2v) is 9.35. The summed E-state index contributed by atoms with van der Waals surface area (Å²) < 4.78 is 1.03. The van der Waals surface area contributed by atoms with Crippen molar-refractivity contribution in [3.8, 4) is 0 Å². The van der Waals surface area contributed by atoms with Crippen LogP contribution in [0.5, 0.6) is 0 Å². The van der Waals surface area contributed by atoms with Crippen LogP contribution in [0.1, 0.15) is 28.8 Å². The first-order valence-electron chi connectivity index (χ1n) is 9.48. The molecule has 1 aliphatic rings. The number of anilines is 2. The molecule has 1 atom stereocenters. The van der Waals surface area contributed by atoms with E-state index in [1.807, 2.05) is 49.5 Å². The van der Waals surface area contributed by atoms with Crippen molar-refractivity contribution in [1.82, 2.24) is 14.9 Å². The molecular formula is C21H22N4O2S2. The van der Waals surface area contributed by atoms with Crippen LogP contribution in [0.15, 0.2) is 57.9 Å². The Kier molecular flexibility index (Phi) is 6.13. The molecule has 4 rings (SSSR count). The number of nitrogens with zero attached hydrogens (tertiary/aromatic N) is 3. The average molecular weight is 427 g/mol. The normalized spacial score (nSPS) is 16.6. The number of benzene rings is 1. The van der Waals surface area contributed by atoms with Gasteiger partial charge in [0.2, 0.25) is 0 Å². The van der Waals surface area contributed by atoms with Crippen LogP contribution in [0.25, 0.3) is 0 Å². The molecule has 29 heavy (non-hydrogen) atoms. The van der Waals surface area contributed by atoms with Crippen LogP contribution in [0.4, 0.5) is 10.9 Å². The number of carbonyl (C=O) groups is 1. The zero-order chi connectivity index (χ0) is 20.2. The zero-order valence-electron chi connectivity index (χ0n) is 16.0. The largest absolute Gasteiger partial charge is 0.391 e. The van der Waals surface area contributed by atoms with E-state index < -0.39 is 6.10 Å². The smallest absolute Gasteiger partial charge is 0.254 e. The number of pyridine rings is 1. The Bertz CT molecular complexity index is 993. The molecule has 0 spiro atoms. The van der Waals surface area contributed by atoms with Crippen molar-refractivity contribution in [3.63, 3.8) is 0 Å². The van der Waals surface area contributed by atoms with Crippen molar-refractivity contribution in [2.75, 3.05) is 18.4 Å². The summed E-state index contributed by atoms with van der Waals surface area (Å²) in [6, 6.07) is 11.6. The molecule has 1 aliphatic heterocycles. The minimum atomic E-state index is -0.423. The number of piperidine rings is 1. The molecule has 2 aromatic heterocycles. The SMILES string of the molecule is Cc1ccc(Sc2cnc(Nc3ccccn3)s2)cc1C(=O)N1CCCC(O)C1. The third-order valence-corrected chi connectivity index (χ3v) is 6.73. The highest BCUT2D eigenvalue weighted by Crippen LogP contribution is 2.35. The maximum absolute atomic E-state index is 13.0. The molecule has 1 aromatic carbocycles. The Morgan fingerprint density at radius 1 is 1.31 bits per heavy atom. The molecule has 1 fully saturated rings. The minimum Gasteiger partial charge on any atom is -0.391 e. The number of aryl methyl sites for hydroxylation is 1. The number of hydrogen-bond donors (Lipinski definition) is 2. The third kappa shape index (κ3) is 4.95. The lowest BCUT2D eigenvalue weighted by atomic mass is 10.0. The lowest BCUT2D eigenvalue weighted by molar-refractivity contribution is 0.0473. The summed E-state index contributed by atoms with van der Waals surface area (Å²) in [7, 11) is 0. The van der Waals surface area contributed by atoms with E-state index >= 15 is 0 Å². The van der Waals surface area contributed by atoms with Gasteiger partial charge < -0.3 is 15.3 Å². The van der Waals surface area contributed by atoms with Gasteiger partial charge >= 0.3 is 0 Å². The van der Waals surface area contributed by atoms with Crippen molar-refractivity contribution in [3.05, 3.63) is 59.9 Å². The lowest BCUT2D eigenvalue weighted by Crippen LogP contribution is -2.42. The fourth-order valence-electron chi connectivity index (χ4n) is 3.23. The predicted octanol–water partition coefficient (Wildman–Crippen LogP) is 4.34. The summed E-state index contributed by atoms with van der Waals surface area (Å²) in [5.74, 6) is 0.746. The molecule has 0 aliphatic carbocycles. The molecule has 3 aromatic rings. The number of amides is 1.